The zero-order chi connectivity index (χ0) is 9.68. The van der Waals surface area contributed by atoms with Crippen LogP contribution in [0.25, 0.3) is 0 Å². The van der Waals surface area contributed by atoms with Gasteiger partial charge >= 0.3 is 0 Å². The number of aliphatic hydroxyl groups is 1. The Morgan fingerprint density at radius 2 is 2.00 bits per heavy atom. The molecule has 0 spiro atoms. The van der Waals surface area contributed by atoms with E-state index in [4.69, 9.17) is 10.8 Å². The number of hydrogen-bond acceptors (Lipinski definition) is 2. The van der Waals surface area contributed by atoms with E-state index >= 15 is 0 Å². The average Bonchev–Trinajstić information content (AvgIpc) is 2.08. The third-order valence-corrected chi connectivity index (χ3v) is 1.54. The molecular weight excluding hydrogens is 162 g/mol. The van der Waals surface area contributed by atoms with Crippen molar-refractivity contribution in [3.05, 3.63) is 29.8 Å². The van der Waals surface area contributed by atoms with Gasteiger partial charge in [0.15, 0.2) is 0 Å². The molecule has 13 heavy (non-hydrogen) atoms. The largest absolute Gasteiger partial charge is 0.399 e. The molecule has 1 aromatic rings. The number of rotatable bonds is 1. The van der Waals surface area contributed by atoms with E-state index in [1.807, 2.05) is 24.3 Å². The van der Waals surface area contributed by atoms with Crippen molar-refractivity contribution in [3.8, 4) is 11.8 Å². The molecule has 0 aliphatic carbocycles. The van der Waals surface area contributed by atoms with Gasteiger partial charge in [0, 0.05) is 17.7 Å². The monoisotopic (exact) mass is 175 g/mol. The molecule has 0 bridgehead atoms. The summed E-state index contributed by atoms with van der Waals surface area (Å²) in [5.41, 5.74) is 7.18. The Hall–Kier alpha value is -1.46. The van der Waals surface area contributed by atoms with Gasteiger partial charge in [-0.25, -0.2) is 0 Å². The lowest BCUT2D eigenvalue weighted by Gasteiger charge is -1.94. The summed E-state index contributed by atoms with van der Waals surface area (Å²) in [5.74, 6) is 5.82. The Labute approximate surface area is 78.4 Å². The van der Waals surface area contributed by atoms with Gasteiger partial charge in [-0.05, 0) is 31.2 Å². The maximum atomic E-state index is 8.95. The highest BCUT2D eigenvalue weighted by atomic mass is 16.3. The lowest BCUT2D eigenvalue weighted by Crippen LogP contribution is -1.95. The Morgan fingerprint density at radius 3 is 2.54 bits per heavy atom. The van der Waals surface area contributed by atoms with Crippen molar-refractivity contribution in [3.63, 3.8) is 0 Å². The lowest BCUT2D eigenvalue weighted by molar-refractivity contribution is 0.201. The predicted molar refractivity (Wildman–Crippen MR) is 54.0 cm³/mol. The van der Waals surface area contributed by atoms with Crippen molar-refractivity contribution >= 4 is 5.69 Å². The summed E-state index contributed by atoms with van der Waals surface area (Å²) in [6.45, 7) is 1.72. The summed E-state index contributed by atoms with van der Waals surface area (Å²) in [4.78, 5) is 0. The van der Waals surface area contributed by atoms with E-state index in [2.05, 4.69) is 11.8 Å². The summed E-state index contributed by atoms with van der Waals surface area (Å²) in [6, 6.07) is 7.35. The van der Waals surface area contributed by atoms with Crippen LogP contribution in [0.1, 0.15) is 18.9 Å². The molecule has 0 saturated heterocycles. The van der Waals surface area contributed by atoms with Gasteiger partial charge < -0.3 is 10.8 Å². The number of hydrogen-bond donors (Lipinski definition) is 2. The molecule has 3 N–H and O–H groups in total. The van der Waals surface area contributed by atoms with E-state index in [1.54, 1.807) is 6.92 Å². The predicted octanol–water partition coefficient (Wildman–Crippen LogP) is 1.39. The van der Waals surface area contributed by atoms with Crippen LogP contribution in [0, 0.1) is 11.8 Å². The van der Waals surface area contributed by atoms with Crippen LogP contribution >= 0.6 is 0 Å². The first kappa shape index (κ1) is 9.63. The smallest absolute Gasteiger partial charge is 0.0621 e. The van der Waals surface area contributed by atoms with Crippen LogP contribution in [0.3, 0.4) is 0 Å². The van der Waals surface area contributed by atoms with E-state index in [-0.39, 0.29) is 6.10 Å². The topological polar surface area (TPSA) is 46.2 Å². The third-order valence-electron chi connectivity index (χ3n) is 1.54. The molecule has 0 aliphatic rings. The molecule has 0 radical (unpaired) electrons. The molecule has 1 unspecified atom stereocenters. The van der Waals surface area contributed by atoms with Gasteiger partial charge in [0.1, 0.15) is 0 Å². The Bertz CT molecular complexity index is 316. The molecule has 0 amide bonds. The highest BCUT2D eigenvalue weighted by Crippen LogP contribution is 2.03. The molecule has 1 aromatic carbocycles. The highest BCUT2D eigenvalue weighted by molar-refractivity contribution is 5.44. The molecule has 0 aliphatic heterocycles. The number of benzene rings is 1. The molecule has 0 fully saturated rings. The summed E-state index contributed by atoms with van der Waals surface area (Å²) in [7, 11) is 0. The van der Waals surface area contributed by atoms with Crippen LogP contribution < -0.4 is 5.73 Å². The lowest BCUT2D eigenvalue weighted by atomic mass is 10.2. The first-order valence-electron chi connectivity index (χ1n) is 4.21. The number of anilines is 1. The van der Waals surface area contributed by atoms with Crippen LogP contribution in [0.2, 0.25) is 0 Å². The molecule has 0 saturated carbocycles. The minimum absolute atomic E-state index is 0.360. The van der Waals surface area contributed by atoms with E-state index in [0.717, 1.165) is 11.3 Å². The molecule has 2 nitrogen and oxygen atoms in total. The summed E-state index contributed by atoms with van der Waals surface area (Å²) in [6.07, 6.45) is 0.144. The first-order valence-corrected chi connectivity index (χ1v) is 4.21. The first-order chi connectivity index (χ1) is 6.18. The average molecular weight is 175 g/mol. The molecule has 0 aromatic heterocycles. The van der Waals surface area contributed by atoms with Crippen LogP contribution in [0.4, 0.5) is 5.69 Å². The van der Waals surface area contributed by atoms with Gasteiger partial charge in [0.2, 0.25) is 0 Å². The minimum atomic E-state index is -0.360. The summed E-state index contributed by atoms with van der Waals surface area (Å²) >= 11 is 0. The van der Waals surface area contributed by atoms with E-state index in [9.17, 15) is 0 Å². The highest BCUT2D eigenvalue weighted by Gasteiger charge is 1.89. The number of nitrogens with two attached hydrogens (primary N) is 1. The van der Waals surface area contributed by atoms with Crippen LogP contribution in [0.5, 0.6) is 0 Å². The molecule has 0 heterocycles. The van der Waals surface area contributed by atoms with Gasteiger partial charge in [0.05, 0.1) is 6.10 Å². The van der Waals surface area contributed by atoms with Gasteiger partial charge in [-0.2, -0.15) is 0 Å². The fourth-order valence-electron chi connectivity index (χ4n) is 0.867. The van der Waals surface area contributed by atoms with Gasteiger partial charge in [-0.15, -0.1) is 0 Å². The summed E-state index contributed by atoms with van der Waals surface area (Å²) < 4.78 is 0. The van der Waals surface area contributed by atoms with Crippen molar-refractivity contribution < 1.29 is 5.11 Å². The van der Waals surface area contributed by atoms with Crippen molar-refractivity contribution in [2.75, 3.05) is 5.73 Å². The Kier molecular flexibility index (Phi) is 3.36. The second-order valence-corrected chi connectivity index (χ2v) is 2.98. The number of nitrogen functional groups attached to an aromatic ring is 1. The van der Waals surface area contributed by atoms with E-state index in [1.165, 1.54) is 0 Å². The molecule has 1 rings (SSSR count). The third kappa shape index (κ3) is 3.64. The van der Waals surface area contributed by atoms with Gasteiger partial charge in [0.25, 0.3) is 0 Å². The zero-order valence-corrected chi connectivity index (χ0v) is 7.62. The second kappa shape index (κ2) is 4.54. The molecular formula is C11H13NO. The standard InChI is InChI=1S/C11H13NO/c1-9(13)3-2-4-10-5-7-11(12)8-6-10/h5-9,13H,3,12H2,1H3. The number of aliphatic hydroxyl groups excluding tert-OH is 1. The fraction of sp³-hybridized carbons (Fsp3) is 0.273. The van der Waals surface area contributed by atoms with E-state index in [0.29, 0.717) is 6.42 Å². The van der Waals surface area contributed by atoms with Crippen molar-refractivity contribution in [1.29, 1.82) is 0 Å². The maximum absolute atomic E-state index is 8.95. The van der Waals surface area contributed by atoms with Crippen LogP contribution in [-0.4, -0.2) is 11.2 Å². The second-order valence-electron chi connectivity index (χ2n) is 2.98. The quantitative estimate of drug-likeness (QED) is 0.500. The van der Waals surface area contributed by atoms with Crippen molar-refractivity contribution in [2.24, 2.45) is 0 Å². The van der Waals surface area contributed by atoms with Crippen molar-refractivity contribution in [2.45, 2.75) is 19.4 Å². The van der Waals surface area contributed by atoms with Crippen LogP contribution in [0.15, 0.2) is 24.3 Å². The van der Waals surface area contributed by atoms with Crippen molar-refractivity contribution in [1.82, 2.24) is 0 Å². The van der Waals surface area contributed by atoms with E-state index < -0.39 is 0 Å². The molecule has 1 atom stereocenters. The molecule has 2 heteroatoms. The summed E-state index contributed by atoms with van der Waals surface area (Å²) in [5, 5.41) is 8.95. The fourth-order valence-corrected chi connectivity index (χ4v) is 0.867. The SMILES string of the molecule is CC(O)CC#Cc1ccc(N)cc1. The Morgan fingerprint density at radius 1 is 1.38 bits per heavy atom. The maximum Gasteiger partial charge on any atom is 0.0621 e. The van der Waals surface area contributed by atoms with Crippen LogP contribution in [-0.2, 0) is 0 Å². The van der Waals surface area contributed by atoms with Gasteiger partial charge in [-0.1, -0.05) is 11.8 Å². The van der Waals surface area contributed by atoms with Gasteiger partial charge in [-0.3, -0.25) is 0 Å². The normalized spacial score (nSPS) is 11.5. The minimum Gasteiger partial charge on any atom is -0.399 e. The zero-order valence-electron chi connectivity index (χ0n) is 7.62. The molecule has 68 valence electrons. The Balaban J connectivity index is 2.62.